The van der Waals surface area contributed by atoms with Gasteiger partial charge < -0.3 is 9.80 Å². The number of likely N-dealkylation sites (tertiary alicyclic amines) is 1. The molecule has 1 aromatic carbocycles. The molecule has 0 saturated carbocycles. The van der Waals surface area contributed by atoms with Gasteiger partial charge >= 0.3 is 0 Å². The largest absolute Gasteiger partial charge is 0.334 e. The molecule has 0 aliphatic carbocycles. The van der Waals surface area contributed by atoms with Gasteiger partial charge in [0.25, 0.3) is 5.91 Å². The second kappa shape index (κ2) is 6.82. The van der Waals surface area contributed by atoms with Crippen LogP contribution in [0.1, 0.15) is 48.7 Å². The zero-order valence-corrected chi connectivity index (χ0v) is 14.7. The highest BCUT2D eigenvalue weighted by molar-refractivity contribution is 5.92. The number of aromatic nitrogens is 2. The topological polar surface area (TPSA) is 49.3 Å². The maximum Gasteiger partial charge on any atom is 0.274 e. The molecule has 1 amide bonds. The molecule has 25 heavy (non-hydrogen) atoms. The van der Waals surface area contributed by atoms with E-state index in [4.69, 9.17) is 0 Å². The van der Waals surface area contributed by atoms with Crippen molar-refractivity contribution in [2.75, 3.05) is 18.0 Å². The summed E-state index contributed by atoms with van der Waals surface area (Å²) in [5, 5.41) is 0. The Morgan fingerprint density at radius 2 is 2.04 bits per heavy atom. The van der Waals surface area contributed by atoms with Crippen LogP contribution in [0.4, 0.5) is 11.5 Å². The molecule has 2 aliphatic heterocycles. The second-order valence-corrected chi connectivity index (χ2v) is 6.85. The molecule has 1 unspecified atom stereocenters. The third kappa shape index (κ3) is 2.99. The van der Waals surface area contributed by atoms with Crippen molar-refractivity contribution in [2.45, 2.75) is 45.1 Å². The molecule has 1 aromatic heterocycles. The van der Waals surface area contributed by atoms with E-state index in [-0.39, 0.29) is 5.91 Å². The van der Waals surface area contributed by atoms with Crippen LogP contribution in [0, 0.1) is 0 Å². The fourth-order valence-corrected chi connectivity index (χ4v) is 3.99. The van der Waals surface area contributed by atoms with Crippen LogP contribution in [0.5, 0.6) is 0 Å². The number of amides is 1. The average molecular weight is 336 g/mol. The molecule has 2 aliphatic rings. The van der Waals surface area contributed by atoms with Crippen LogP contribution in [0.25, 0.3) is 0 Å². The van der Waals surface area contributed by atoms with E-state index in [1.54, 1.807) is 12.4 Å². The summed E-state index contributed by atoms with van der Waals surface area (Å²) in [6.07, 6.45) is 8.78. The van der Waals surface area contributed by atoms with E-state index in [0.717, 1.165) is 44.6 Å². The van der Waals surface area contributed by atoms with Crippen LogP contribution in [0.15, 0.2) is 36.7 Å². The van der Waals surface area contributed by atoms with Gasteiger partial charge in [-0.25, -0.2) is 9.97 Å². The smallest absolute Gasteiger partial charge is 0.274 e. The number of carbonyl (C=O) groups excluding carboxylic acids is 1. The van der Waals surface area contributed by atoms with Crippen molar-refractivity contribution in [1.82, 2.24) is 14.9 Å². The number of benzene rings is 1. The number of carbonyl (C=O) groups is 1. The quantitative estimate of drug-likeness (QED) is 0.860. The monoisotopic (exact) mass is 336 g/mol. The molecule has 2 aromatic rings. The van der Waals surface area contributed by atoms with Crippen molar-refractivity contribution in [2.24, 2.45) is 0 Å². The van der Waals surface area contributed by atoms with Crippen molar-refractivity contribution in [3.63, 3.8) is 0 Å². The van der Waals surface area contributed by atoms with Crippen LogP contribution >= 0.6 is 0 Å². The maximum absolute atomic E-state index is 12.8. The number of anilines is 2. The van der Waals surface area contributed by atoms with E-state index in [0.29, 0.717) is 11.7 Å². The van der Waals surface area contributed by atoms with Gasteiger partial charge in [-0.1, -0.05) is 25.1 Å². The number of fused-ring (bicyclic) bond motifs is 1. The number of rotatable bonds is 3. The lowest BCUT2D eigenvalue weighted by molar-refractivity contribution is 0.0601. The Hall–Kier alpha value is -2.43. The lowest BCUT2D eigenvalue weighted by Gasteiger charge is -2.35. The number of nitrogens with zero attached hydrogens (tertiary/aromatic N) is 4. The van der Waals surface area contributed by atoms with Gasteiger partial charge in [0.2, 0.25) is 0 Å². The van der Waals surface area contributed by atoms with Crippen LogP contribution in [-0.4, -0.2) is 39.9 Å². The molecule has 1 fully saturated rings. The summed E-state index contributed by atoms with van der Waals surface area (Å²) in [5.41, 5.74) is 2.98. The number of hydrogen-bond acceptors (Lipinski definition) is 4. The molecule has 1 saturated heterocycles. The predicted molar refractivity (Wildman–Crippen MR) is 98.2 cm³/mol. The van der Waals surface area contributed by atoms with Gasteiger partial charge in [-0.15, -0.1) is 0 Å². The molecule has 130 valence electrons. The zero-order chi connectivity index (χ0) is 17.2. The first-order chi connectivity index (χ1) is 12.3. The first-order valence-electron chi connectivity index (χ1n) is 9.26. The molecule has 4 rings (SSSR count). The average Bonchev–Trinajstić information content (AvgIpc) is 3.11. The Morgan fingerprint density at radius 3 is 2.84 bits per heavy atom. The maximum atomic E-state index is 12.8. The number of hydrogen-bond donors (Lipinski definition) is 0. The fraction of sp³-hybridized carbons (Fsp3) is 0.450. The molecular weight excluding hydrogens is 312 g/mol. The summed E-state index contributed by atoms with van der Waals surface area (Å²) in [4.78, 5) is 26.0. The summed E-state index contributed by atoms with van der Waals surface area (Å²) >= 11 is 0. The van der Waals surface area contributed by atoms with Gasteiger partial charge in [-0.3, -0.25) is 4.79 Å². The third-order valence-corrected chi connectivity index (χ3v) is 5.38. The van der Waals surface area contributed by atoms with Crippen LogP contribution in [-0.2, 0) is 6.42 Å². The Morgan fingerprint density at radius 1 is 1.16 bits per heavy atom. The molecule has 0 spiro atoms. The van der Waals surface area contributed by atoms with E-state index in [2.05, 4.69) is 40.0 Å². The van der Waals surface area contributed by atoms with Crippen LogP contribution < -0.4 is 4.90 Å². The van der Waals surface area contributed by atoms with Crippen LogP contribution in [0.3, 0.4) is 0 Å². The van der Waals surface area contributed by atoms with Crippen LogP contribution in [0.2, 0.25) is 0 Å². The van der Waals surface area contributed by atoms with Gasteiger partial charge in [0.1, 0.15) is 5.69 Å². The van der Waals surface area contributed by atoms with Gasteiger partial charge in [0.05, 0.1) is 12.4 Å². The molecule has 0 radical (unpaired) electrons. The predicted octanol–water partition coefficient (Wildman–Crippen LogP) is 3.58. The van der Waals surface area contributed by atoms with E-state index >= 15 is 0 Å². The van der Waals surface area contributed by atoms with Gasteiger partial charge in [0.15, 0.2) is 5.82 Å². The lowest BCUT2D eigenvalue weighted by atomic mass is 10.00. The molecular formula is C20H24N4O. The van der Waals surface area contributed by atoms with Gasteiger partial charge in [0, 0.05) is 24.8 Å². The minimum atomic E-state index is 0.0208. The Labute approximate surface area is 148 Å². The minimum absolute atomic E-state index is 0.0208. The van der Waals surface area contributed by atoms with E-state index < -0.39 is 0 Å². The summed E-state index contributed by atoms with van der Waals surface area (Å²) in [6, 6.07) is 8.72. The zero-order valence-electron chi connectivity index (χ0n) is 14.7. The van der Waals surface area contributed by atoms with E-state index in [9.17, 15) is 4.79 Å². The lowest BCUT2D eigenvalue weighted by Crippen LogP contribution is -2.43. The van der Waals surface area contributed by atoms with E-state index in [1.165, 1.54) is 17.7 Å². The van der Waals surface area contributed by atoms with Crippen molar-refractivity contribution in [1.29, 1.82) is 0 Å². The van der Waals surface area contributed by atoms with E-state index in [1.807, 2.05) is 11.0 Å². The Balaban J connectivity index is 1.53. The molecule has 0 N–H and O–H groups in total. The molecule has 5 heteroatoms. The second-order valence-electron chi connectivity index (χ2n) is 6.85. The number of piperidine rings is 1. The molecule has 3 heterocycles. The molecule has 1 atom stereocenters. The molecule has 5 nitrogen and oxygen atoms in total. The van der Waals surface area contributed by atoms with Gasteiger partial charge in [-0.05, 0) is 43.7 Å². The molecule has 0 bridgehead atoms. The third-order valence-electron chi connectivity index (χ3n) is 5.38. The summed E-state index contributed by atoms with van der Waals surface area (Å²) in [5.74, 6) is 0.833. The Bertz CT molecular complexity index is 759. The SMILES string of the molecule is CCC1CCCCN1C(=O)c1cnc(N2CCc3ccccc32)cn1. The standard InChI is InChI=1S/C20H24N4O/c1-2-16-8-5-6-11-23(16)20(25)17-13-22-19(14-21-17)24-12-10-15-7-3-4-9-18(15)24/h3-4,7,9,13-14,16H,2,5-6,8,10-12H2,1H3. The fourth-order valence-electron chi connectivity index (χ4n) is 3.99. The van der Waals surface area contributed by atoms with Crippen molar-refractivity contribution in [3.8, 4) is 0 Å². The summed E-state index contributed by atoms with van der Waals surface area (Å²) in [6.45, 7) is 3.89. The normalized spacial score (nSPS) is 19.8. The first-order valence-corrected chi connectivity index (χ1v) is 9.26. The highest BCUT2D eigenvalue weighted by Crippen LogP contribution is 2.32. The summed E-state index contributed by atoms with van der Waals surface area (Å²) in [7, 11) is 0. The minimum Gasteiger partial charge on any atom is -0.334 e. The first kappa shape index (κ1) is 16.1. The van der Waals surface area contributed by atoms with Crippen molar-refractivity contribution < 1.29 is 4.79 Å². The highest BCUT2D eigenvalue weighted by atomic mass is 16.2. The van der Waals surface area contributed by atoms with Crippen molar-refractivity contribution >= 4 is 17.4 Å². The van der Waals surface area contributed by atoms with Gasteiger partial charge in [-0.2, -0.15) is 0 Å². The van der Waals surface area contributed by atoms with Crippen molar-refractivity contribution in [3.05, 3.63) is 47.9 Å². The summed E-state index contributed by atoms with van der Waals surface area (Å²) < 4.78 is 0. The Kier molecular flexibility index (Phi) is 4.38. The number of para-hydroxylation sites is 1. The highest BCUT2D eigenvalue weighted by Gasteiger charge is 2.27.